The van der Waals surface area contributed by atoms with E-state index in [1.165, 1.54) is 11.0 Å². The minimum absolute atomic E-state index is 0.00247. The lowest BCUT2D eigenvalue weighted by atomic mass is 10.1. The smallest absolute Gasteiger partial charge is 0.308 e. The molecule has 0 aromatic heterocycles. The van der Waals surface area contributed by atoms with Crippen LogP contribution in [0.5, 0.6) is 0 Å². The van der Waals surface area contributed by atoms with Crippen LogP contribution in [0.2, 0.25) is 0 Å². The first kappa shape index (κ1) is 12.0. The van der Waals surface area contributed by atoms with Crippen LogP contribution >= 0.6 is 0 Å². The van der Waals surface area contributed by atoms with Crippen LogP contribution in [-0.4, -0.2) is 23.5 Å². The van der Waals surface area contributed by atoms with Crippen LogP contribution in [-0.2, 0) is 9.59 Å². The Morgan fingerprint density at radius 2 is 2.22 bits per heavy atom. The summed E-state index contributed by atoms with van der Waals surface area (Å²) in [7, 11) is 0. The second kappa shape index (κ2) is 4.45. The molecule has 1 atom stereocenters. The number of halogens is 1. The van der Waals surface area contributed by atoms with Gasteiger partial charge in [-0.3, -0.25) is 9.59 Å². The molecule has 0 aliphatic carbocycles. The summed E-state index contributed by atoms with van der Waals surface area (Å²) < 4.78 is 13.2. The van der Waals surface area contributed by atoms with Gasteiger partial charge in [-0.05, 0) is 18.2 Å². The number of amides is 1. The molecule has 0 spiro atoms. The fourth-order valence-electron chi connectivity index (χ4n) is 1.92. The van der Waals surface area contributed by atoms with Gasteiger partial charge in [0.25, 0.3) is 0 Å². The Morgan fingerprint density at radius 3 is 2.78 bits per heavy atom. The molecular weight excluding hydrogens is 239 g/mol. The Kier molecular flexibility index (Phi) is 2.98. The van der Waals surface area contributed by atoms with Crippen LogP contribution in [0.25, 0.3) is 0 Å². The highest BCUT2D eigenvalue weighted by Gasteiger charge is 2.35. The lowest BCUT2D eigenvalue weighted by Gasteiger charge is -2.16. The van der Waals surface area contributed by atoms with E-state index < -0.39 is 17.7 Å². The molecule has 0 saturated carbocycles. The van der Waals surface area contributed by atoms with Gasteiger partial charge in [-0.15, -0.1) is 0 Å². The minimum atomic E-state index is -1.05. The van der Waals surface area contributed by atoms with Crippen molar-refractivity contribution in [2.75, 3.05) is 11.4 Å². The summed E-state index contributed by atoms with van der Waals surface area (Å²) in [6.45, 7) is 0.00247. The second-order valence-electron chi connectivity index (χ2n) is 4.05. The van der Waals surface area contributed by atoms with Crippen molar-refractivity contribution in [2.45, 2.75) is 6.42 Å². The topological polar surface area (TPSA) is 81.4 Å². The Hall–Kier alpha value is -2.42. The number of carbonyl (C=O) groups is 2. The molecule has 1 aliphatic heterocycles. The lowest BCUT2D eigenvalue weighted by Crippen LogP contribution is -2.25. The largest absolute Gasteiger partial charge is 0.481 e. The van der Waals surface area contributed by atoms with Crippen LogP contribution < -0.4 is 4.90 Å². The molecule has 6 heteroatoms. The Labute approximate surface area is 102 Å². The molecule has 92 valence electrons. The second-order valence-corrected chi connectivity index (χ2v) is 4.05. The lowest BCUT2D eigenvalue weighted by molar-refractivity contribution is -0.141. The highest BCUT2D eigenvalue weighted by atomic mass is 19.1. The monoisotopic (exact) mass is 248 g/mol. The van der Waals surface area contributed by atoms with E-state index in [9.17, 15) is 14.0 Å². The van der Waals surface area contributed by atoms with E-state index in [-0.39, 0.29) is 30.1 Å². The molecule has 1 N–H and O–H groups in total. The number of hydrogen-bond donors (Lipinski definition) is 1. The van der Waals surface area contributed by atoms with E-state index >= 15 is 0 Å². The normalized spacial score (nSPS) is 18.8. The first-order valence-electron chi connectivity index (χ1n) is 5.25. The molecule has 5 nitrogen and oxygen atoms in total. The molecule has 1 amide bonds. The van der Waals surface area contributed by atoms with Gasteiger partial charge in [-0.1, -0.05) is 0 Å². The number of aliphatic carboxylic acids is 1. The number of nitrogens with zero attached hydrogens (tertiary/aromatic N) is 2. The van der Waals surface area contributed by atoms with Gasteiger partial charge in [-0.2, -0.15) is 5.26 Å². The van der Waals surface area contributed by atoms with Gasteiger partial charge in [0.1, 0.15) is 5.82 Å². The Morgan fingerprint density at radius 1 is 1.50 bits per heavy atom. The van der Waals surface area contributed by atoms with E-state index in [1.807, 2.05) is 0 Å². The number of benzene rings is 1. The quantitative estimate of drug-likeness (QED) is 0.850. The van der Waals surface area contributed by atoms with E-state index in [4.69, 9.17) is 10.4 Å². The summed E-state index contributed by atoms with van der Waals surface area (Å²) in [6, 6.07) is 5.32. The summed E-state index contributed by atoms with van der Waals surface area (Å²) in [5, 5.41) is 17.6. The van der Waals surface area contributed by atoms with Gasteiger partial charge in [-0.25, -0.2) is 4.39 Å². The van der Waals surface area contributed by atoms with Crippen molar-refractivity contribution >= 4 is 17.6 Å². The number of carboxylic acids is 1. The van der Waals surface area contributed by atoms with Crippen molar-refractivity contribution in [1.82, 2.24) is 0 Å². The first-order valence-corrected chi connectivity index (χ1v) is 5.25. The van der Waals surface area contributed by atoms with Crippen LogP contribution in [0.1, 0.15) is 12.0 Å². The molecule has 0 bridgehead atoms. The standard InChI is InChI=1S/C12H9FN2O3/c13-9-1-7(5-14)2-10(4-9)15-6-8(12(17)18)3-11(15)16/h1-2,4,8H,3,6H2,(H,17,18). The third-order valence-electron chi connectivity index (χ3n) is 2.80. The van der Waals surface area contributed by atoms with Crippen LogP contribution in [0.4, 0.5) is 10.1 Å². The van der Waals surface area contributed by atoms with Crippen molar-refractivity contribution in [2.24, 2.45) is 5.92 Å². The summed E-state index contributed by atoms with van der Waals surface area (Å²) in [6.07, 6.45) is -0.103. The zero-order valence-electron chi connectivity index (χ0n) is 9.26. The molecule has 0 radical (unpaired) electrons. The van der Waals surface area contributed by atoms with Gasteiger partial charge in [0.2, 0.25) is 5.91 Å². The summed E-state index contributed by atoms with van der Waals surface area (Å²) in [5.74, 6) is -2.85. The van der Waals surface area contributed by atoms with Crippen molar-refractivity contribution in [1.29, 1.82) is 5.26 Å². The Balaban J connectivity index is 2.33. The maximum Gasteiger partial charge on any atom is 0.308 e. The number of nitriles is 1. The van der Waals surface area contributed by atoms with E-state index in [1.54, 1.807) is 6.07 Å². The highest BCUT2D eigenvalue weighted by Crippen LogP contribution is 2.26. The van der Waals surface area contributed by atoms with E-state index in [0.717, 1.165) is 12.1 Å². The van der Waals surface area contributed by atoms with E-state index in [0.29, 0.717) is 0 Å². The number of carboxylic acid groups (broad SMARTS) is 1. The molecule has 1 saturated heterocycles. The van der Waals surface area contributed by atoms with Crippen molar-refractivity contribution in [3.05, 3.63) is 29.6 Å². The molecule has 1 unspecified atom stereocenters. The van der Waals surface area contributed by atoms with Crippen LogP contribution in [0, 0.1) is 23.1 Å². The average Bonchev–Trinajstić information content (AvgIpc) is 2.70. The van der Waals surface area contributed by atoms with Gasteiger partial charge in [0, 0.05) is 18.7 Å². The van der Waals surface area contributed by atoms with Crippen molar-refractivity contribution in [3.63, 3.8) is 0 Å². The van der Waals surface area contributed by atoms with Crippen LogP contribution in [0.3, 0.4) is 0 Å². The zero-order chi connectivity index (χ0) is 13.3. The molecular formula is C12H9FN2O3. The third-order valence-corrected chi connectivity index (χ3v) is 2.80. The van der Waals surface area contributed by atoms with Crippen molar-refractivity contribution in [3.8, 4) is 6.07 Å². The molecule has 18 heavy (non-hydrogen) atoms. The van der Waals surface area contributed by atoms with Gasteiger partial charge < -0.3 is 10.0 Å². The number of carbonyl (C=O) groups excluding carboxylic acids is 1. The van der Waals surface area contributed by atoms with Gasteiger partial charge >= 0.3 is 5.97 Å². The molecule has 1 aromatic carbocycles. The van der Waals surface area contributed by atoms with Crippen LogP contribution in [0.15, 0.2) is 18.2 Å². The predicted octanol–water partition coefficient (Wildman–Crippen LogP) is 1.13. The zero-order valence-corrected chi connectivity index (χ0v) is 9.26. The van der Waals surface area contributed by atoms with Crippen molar-refractivity contribution < 1.29 is 19.1 Å². The fraction of sp³-hybridized carbons (Fsp3) is 0.250. The summed E-state index contributed by atoms with van der Waals surface area (Å²) in [5.41, 5.74) is 0.317. The predicted molar refractivity (Wildman–Crippen MR) is 59.2 cm³/mol. The summed E-state index contributed by atoms with van der Waals surface area (Å²) >= 11 is 0. The molecule has 2 rings (SSSR count). The summed E-state index contributed by atoms with van der Waals surface area (Å²) in [4.78, 5) is 23.7. The average molecular weight is 248 g/mol. The van der Waals surface area contributed by atoms with Gasteiger partial charge in [0.05, 0.1) is 17.6 Å². The fourth-order valence-corrected chi connectivity index (χ4v) is 1.92. The molecule has 1 heterocycles. The van der Waals surface area contributed by atoms with Gasteiger partial charge in [0.15, 0.2) is 0 Å². The number of anilines is 1. The molecule has 1 aromatic rings. The SMILES string of the molecule is N#Cc1cc(F)cc(N2CC(C(=O)O)CC2=O)c1. The maximum atomic E-state index is 13.2. The molecule has 1 aliphatic rings. The minimum Gasteiger partial charge on any atom is -0.481 e. The molecule has 1 fully saturated rings. The Bertz CT molecular complexity index is 565. The first-order chi connectivity index (χ1) is 8.51. The maximum absolute atomic E-state index is 13.2. The third kappa shape index (κ3) is 2.15. The highest BCUT2D eigenvalue weighted by molar-refractivity contribution is 5.99. The number of hydrogen-bond acceptors (Lipinski definition) is 3. The number of rotatable bonds is 2. The van der Waals surface area contributed by atoms with E-state index in [2.05, 4.69) is 0 Å².